The standard InChI is InChI=1S/C13H24N2O3/c16-10-13(4-2-1-3-5-13)9-15-12(17)11-8-14-6-7-18-11/h11,14,16H,1-10H2,(H,15,17). The van der Waals surface area contributed by atoms with E-state index in [4.69, 9.17) is 4.74 Å². The molecule has 1 unspecified atom stereocenters. The number of aliphatic hydroxyl groups excluding tert-OH is 1. The maximum Gasteiger partial charge on any atom is 0.250 e. The van der Waals surface area contributed by atoms with Gasteiger partial charge in [-0.15, -0.1) is 0 Å². The van der Waals surface area contributed by atoms with E-state index in [1.54, 1.807) is 0 Å². The van der Waals surface area contributed by atoms with E-state index in [1.165, 1.54) is 6.42 Å². The van der Waals surface area contributed by atoms with Crippen molar-refractivity contribution in [2.45, 2.75) is 38.2 Å². The summed E-state index contributed by atoms with van der Waals surface area (Å²) < 4.78 is 5.41. The summed E-state index contributed by atoms with van der Waals surface area (Å²) in [7, 11) is 0. The minimum Gasteiger partial charge on any atom is -0.396 e. The van der Waals surface area contributed by atoms with E-state index in [2.05, 4.69) is 10.6 Å². The third-order valence-electron chi connectivity index (χ3n) is 4.11. The Morgan fingerprint density at radius 1 is 1.39 bits per heavy atom. The molecule has 5 heteroatoms. The van der Waals surface area contributed by atoms with Gasteiger partial charge in [-0.25, -0.2) is 0 Å². The molecule has 1 aliphatic heterocycles. The summed E-state index contributed by atoms with van der Waals surface area (Å²) >= 11 is 0. The fraction of sp³-hybridized carbons (Fsp3) is 0.923. The van der Waals surface area contributed by atoms with E-state index in [0.29, 0.717) is 19.7 Å². The van der Waals surface area contributed by atoms with Crippen molar-refractivity contribution in [1.82, 2.24) is 10.6 Å². The molecule has 1 atom stereocenters. The van der Waals surface area contributed by atoms with E-state index in [0.717, 1.165) is 32.2 Å². The SMILES string of the molecule is O=C(NCC1(CO)CCCCC1)C1CNCCO1. The molecule has 0 bridgehead atoms. The molecule has 1 saturated heterocycles. The first kappa shape index (κ1) is 13.8. The molecule has 2 rings (SSSR count). The van der Waals surface area contributed by atoms with Gasteiger partial charge < -0.3 is 20.5 Å². The monoisotopic (exact) mass is 256 g/mol. The van der Waals surface area contributed by atoms with Crippen molar-refractivity contribution in [3.8, 4) is 0 Å². The number of amides is 1. The van der Waals surface area contributed by atoms with Crippen molar-refractivity contribution in [3.05, 3.63) is 0 Å². The van der Waals surface area contributed by atoms with Crippen molar-refractivity contribution < 1.29 is 14.6 Å². The van der Waals surface area contributed by atoms with Crippen molar-refractivity contribution in [3.63, 3.8) is 0 Å². The largest absolute Gasteiger partial charge is 0.396 e. The van der Waals surface area contributed by atoms with Gasteiger partial charge in [0.1, 0.15) is 6.10 Å². The van der Waals surface area contributed by atoms with E-state index >= 15 is 0 Å². The van der Waals surface area contributed by atoms with Crippen molar-refractivity contribution in [2.75, 3.05) is 32.8 Å². The molecule has 1 heterocycles. The average molecular weight is 256 g/mol. The smallest absolute Gasteiger partial charge is 0.250 e. The first-order valence-corrected chi connectivity index (χ1v) is 6.97. The molecule has 0 aromatic rings. The van der Waals surface area contributed by atoms with E-state index < -0.39 is 0 Å². The van der Waals surface area contributed by atoms with Gasteiger partial charge in [-0.2, -0.15) is 0 Å². The van der Waals surface area contributed by atoms with Crippen LogP contribution in [0.3, 0.4) is 0 Å². The second-order valence-electron chi connectivity index (χ2n) is 5.50. The van der Waals surface area contributed by atoms with Crippen LogP contribution in [0.5, 0.6) is 0 Å². The molecule has 0 spiro atoms. The van der Waals surface area contributed by atoms with Gasteiger partial charge >= 0.3 is 0 Å². The second kappa shape index (κ2) is 6.50. The number of rotatable bonds is 4. The third-order valence-corrected chi connectivity index (χ3v) is 4.11. The normalized spacial score (nSPS) is 27.7. The van der Waals surface area contributed by atoms with Crippen LogP contribution in [0.4, 0.5) is 0 Å². The quantitative estimate of drug-likeness (QED) is 0.664. The topological polar surface area (TPSA) is 70.6 Å². The van der Waals surface area contributed by atoms with Crippen molar-refractivity contribution in [1.29, 1.82) is 0 Å². The van der Waals surface area contributed by atoms with Crippen LogP contribution in [-0.4, -0.2) is 50.0 Å². The number of ether oxygens (including phenoxy) is 1. The molecule has 2 aliphatic rings. The molecule has 1 saturated carbocycles. The van der Waals surface area contributed by atoms with Gasteiger partial charge in [-0.3, -0.25) is 4.79 Å². The number of morpholine rings is 1. The molecule has 2 fully saturated rings. The molecule has 0 aromatic carbocycles. The Bertz CT molecular complexity index is 271. The van der Waals surface area contributed by atoms with Crippen molar-refractivity contribution >= 4 is 5.91 Å². The molecule has 0 radical (unpaired) electrons. The summed E-state index contributed by atoms with van der Waals surface area (Å²) in [5, 5.41) is 15.7. The fourth-order valence-corrected chi connectivity index (χ4v) is 2.81. The second-order valence-corrected chi connectivity index (χ2v) is 5.50. The van der Waals surface area contributed by atoms with Gasteiger partial charge in [0.05, 0.1) is 13.2 Å². The molecule has 3 N–H and O–H groups in total. The number of carbonyl (C=O) groups excluding carboxylic acids is 1. The molecule has 18 heavy (non-hydrogen) atoms. The Morgan fingerprint density at radius 3 is 2.78 bits per heavy atom. The molecule has 5 nitrogen and oxygen atoms in total. The summed E-state index contributed by atoms with van der Waals surface area (Å²) in [5.74, 6) is -0.0550. The van der Waals surface area contributed by atoms with Crippen LogP contribution in [0.15, 0.2) is 0 Å². The van der Waals surface area contributed by atoms with Gasteiger partial charge in [0.15, 0.2) is 0 Å². The summed E-state index contributed by atoms with van der Waals surface area (Å²) in [6.45, 7) is 2.71. The molecule has 104 valence electrons. The number of nitrogens with one attached hydrogen (secondary N) is 2. The van der Waals surface area contributed by atoms with Crippen LogP contribution in [0, 0.1) is 5.41 Å². The van der Waals surface area contributed by atoms with Crippen LogP contribution in [-0.2, 0) is 9.53 Å². The Hall–Kier alpha value is -0.650. The fourth-order valence-electron chi connectivity index (χ4n) is 2.81. The van der Waals surface area contributed by atoms with Crippen LogP contribution in [0.1, 0.15) is 32.1 Å². The predicted octanol–water partition coefficient (Wildman–Crippen LogP) is 0.0338. The van der Waals surface area contributed by atoms with Crippen LogP contribution in [0.25, 0.3) is 0 Å². The zero-order valence-corrected chi connectivity index (χ0v) is 10.9. The molecular weight excluding hydrogens is 232 g/mol. The predicted molar refractivity (Wildman–Crippen MR) is 68.2 cm³/mol. The first-order valence-electron chi connectivity index (χ1n) is 6.97. The average Bonchev–Trinajstić information content (AvgIpc) is 2.47. The molecular formula is C13H24N2O3. The van der Waals surface area contributed by atoms with Gasteiger partial charge in [-0.1, -0.05) is 19.3 Å². The summed E-state index contributed by atoms with van der Waals surface area (Å²) in [4.78, 5) is 11.9. The van der Waals surface area contributed by atoms with Gasteiger partial charge in [0, 0.05) is 25.0 Å². The lowest BCUT2D eigenvalue weighted by molar-refractivity contribution is -0.135. The van der Waals surface area contributed by atoms with E-state index in [9.17, 15) is 9.90 Å². The van der Waals surface area contributed by atoms with Crippen LogP contribution in [0.2, 0.25) is 0 Å². The lowest BCUT2D eigenvalue weighted by Crippen LogP contribution is -2.50. The van der Waals surface area contributed by atoms with E-state index in [1.807, 2.05) is 0 Å². The van der Waals surface area contributed by atoms with Gasteiger partial charge in [0.25, 0.3) is 0 Å². The summed E-state index contributed by atoms with van der Waals surface area (Å²) in [5.41, 5.74) is -0.101. The minimum atomic E-state index is -0.377. The van der Waals surface area contributed by atoms with Gasteiger partial charge in [0.2, 0.25) is 5.91 Å². The Labute approximate surface area is 108 Å². The summed E-state index contributed by atoms with van der Waals surface area (Å²) in [6.07, 6.45) is 5.18. The van der Waals surface area contributed by atoms with Gasteiger partial charge in [-0.05, 0) is 12.8 Å². The molecule has 1 aliphatic carbocycles. The highest BCUT2D eigenvalue weighted by Gasteiger charge is 2.32. The zero-order chi connectivity index (χ0) is 12.8. The maximum atomic E-state index is 11.9. The Balaban J connectivity index is 1.79. The van der Waals surface area contributed by atoms with E-state index in [-0.39, 0.29) is 24.0 Å². The number of carbonyl (C=O) groups is 1. The van der Waals surface area contributed by atoms with Crippen LogP contribution >= 0.6 is 0 Å². The molecule has 1 amide bonds. The lowest BCUT2D eigenvalue weighted by Gasteiger charge is -2.36. The number of aliphatic hydroxyl groups is 1. The van der Waals surface area contributed by atoms with Crippen molar-refractivity contribution in [2.24, 2.45) is 5.41 Å². The minimum absolute atomic E-state index is 0.0550. The number of hydrogen-bond donors (Lipinski definition) is 3. The maximum absolute atomic E-state index is 11.9. The highest BCUT2D eigenvalue weighted by molar-refractivity contribution is 5.81. The lowest BCUT2D eigenvalue weighted by atomic mass is 9.74. The Morgan fingerprint density at radius 2 is 2.17 bits per heavy atom. The highest BCUT2D eigenvalue weighted by atomic mass is 16.5. The van der Waals surface area contributed by atoms with Crippen LogP contribution < -0.4 is 10.6 Å². The first-order chi connectivity index (χ1) is 8.76. The third kappa shape index (κ3) is 3.43. The highest BCUT2D eigenvalue weighted by Crippen LogP contribution is 2.35. The number of hydrogen-bond acceptors (Lipinski definition) is 4. The summed E-state index contributed by atoms with van der Waals surface area (Å²) in [6, 6.07) is 0. The Kier molecular flexibility index (Phi) is 4.97. The molecule has 0 aromatic heterocycles. The zero-order valence-electron chi connectivity index (χ0n) is 10.9.